The van der Waals surface area contributed by atoms with E-state index in [2.05, 4.69) is 52.1 Å². The molecule has 0 amide bonds. The van der Waals surface area contributed by atoms with Gasteiger partial charge in [0.2, 0.25) is 0 Å². The Morgan fingerprint density at radius 3 is 2.53 bits per heavy atom. The number of thiophene rings is 1. The molecule has 1 aromatic rings. The van der Waals surface area contributed by atoms with Crippen LogP contribution >= 0.6 is 11.3 Å². The predicted octanol–water partition coefficient (Wildman–Crippen LogP) is 4.53. The van der Waals surface area contributed by atoms with Crippen LogP contribution in [0.1, 0.15) is 56.3 Å². The molecule has 0 aliphatic heterocycles. The fourth-order valence-electron chi connectivity index (χ4n) is 3.21. The van der Waals surface area contributed by atoms with E-state index in [1.165, 1.54) is 22.6 Å². The molecular formula is C15H25NS. The predicted molar refractivity (Wildman–Crippen MR) is 76.6 cm³/mol. The highest BCUT2D eigenvalue weighted by atomic mass is 32.1. The fourth-order valence-corrected chi connectivity index (χ4v) is 4.10. The second-order valence-electron chi connectivity index (χ2n) is 6.49. The average Bonchev–Trinajstić information content (AvgIpc) is 2.71. The summed E-state index contributed by atoms with van der Waals surface area (Å²) >= 11 is 1.92. The molecule has 3 atom stereocenters. The fraction of sp³-hybridized carbons (Fsp3) is 0.733. The molecule has 0 saturated heterocycles. The zero-order chi connectivity index (χ0) is 12.6. The van der Waals surface area contributed by atoms with Crippen molar-refractivity contribution in [3.05, 3.63) is 21.9 Å². The van der Waals surface area contributed by atoms with Gasteiger partial charge in [0, 0.05) is 21.8 Å². The molecule has 0 spiro atoms. The second-order valence-corrected chi connectivity index (χ2v) is 7.81. The number of hydrogen-bond donors (Lipinski definition) is 1. The normalized spacial score (nSPS) is 29.5. The average molecular weight is 251 g/mol. The largest absolute Gasteiger partial charge is 0.306 e. The summed E-state index contributed by atoms with van der Waals surface area (Å²) in [5.74, 6) is 0.800. The highest BCUT2D eigenvalue weighted by Gasteiger charge is 2.37. The lowest BCUT2D eigenvalue weighted by atomic mass is 9.91. The van der Waals surface area contributed by atoms with Crippen LogP contribution in [0, 0.1) is 18.3 Å². The van der Waals surface area contributed by atoms with Crippen LogP contribution in [0.2, 0.25) is 0 Å². The van der Waals surface area contributed by atoms with Gasteiger partial charge in [0.05, 0.1) is 0 Å². The summed E-state index contributed by atoms with van der Waals surface area (Å²) in [6.45, 7) is 11.7. The summed E-state index contributed by atoms with van der Waals surface area (Å²) < 4.78 is 0. The highest BCUT2D eigenvalue weighted by Crippen LogP contribution is 2.41. The van der Waals surface area contributed by atoms with Crippen LogP contribution in [-0.4, -0.2) is 6.04 Å². The molecule has 0 aromatic carbocycles. The van der Waals surface area contributed by atoms with Gasteiger partial charge in [-0.05, 0) is 50.2 Å². The van der Waals surface area contributed by atoms with Gasteiger partial charge in [-0.25, -0.2) is 0 Å². The quantitative estimate of drug-likeness (QED) is 0.832. The van der Waals surface area contributed by atoms with E-state index in [1.807, 2.05) is 11.3 Å². The van der Waals surface area contributed by atoms with E-state index in [1.54, 1.807) is 0 Å². The van der Waals surface area contributed by atoms with Crippen LogP contribution in [-0.2, 0) is 0 Å². The minimum Gasteiger partial charge on any atom is -0.306 e. The zero-order valence-electron chi connectivity index (χ0n) is 11.7. The molecule has 1 aromatic heterocycles. The van der Waals surface area contributed by atoms with Gasteiger partial charge in [-0.3, -0.25) is 0 Å². The van der Waals surface area contributed by atoms with Crippen molar-refractivity contribution in [2.24, 2.45) is 11.3 Å². The number of nitrogens with one attached hydrogen (secondary N) is 1. The van der Waals surface area contributed by atoms with Gasteiger partial charge < -0.3 is 5.32 Å². The van der Waals surface area contributed by atoms with Crippen molar-refractivity contribution in [2.75, 3.05) is 0 Å². The third-order valence-corrected chi connectivity index (χ3v) is 5.17. The summed E-state index contributed by atoms with van der Waals surface area (Å²) in [7, 11) is 0. The van der Waals surface area contributed by atoms with E-state index >= 15 is 0 Å². The highest BCUT2D eigenvalue weighted by molar-refractivity contribution is 7.12. The van der Waals surface area contributed by atoms with Gasteiger partial charge in [0.25, 0.3) is 0 Å². The number of rotatable bonds is 3. The molecule has 3 unspecified atom stereocenters. The van der Waals surface area contributed by atoms with Crippen LogP contribution in [0.5, 0.6) is 0 Å². The standard InChI is InChI=1S/C15H25NS/c1-10-8-15(4,5)9-13(10)16-12(3)14-7-6-11(2)17-14/h6-7,10,12-13,16H,8-9H2,1-5H3. The summed E-state index contributed by atoms with van der Waals surface area (Å²) in [6.07, 6.45) is 2.66. The minimum atomic E-state index is 0.495. The monoisotopic (exact) mass is 251 g/mol. The number of hydrogen-bond acceptors (Lipinski definition) is 2. The van der Waals surface area contributed by atoms with E-state index in [0.29, 0.717) is 17.5 Å². The molecule has 96 valence electrons. The Hall–Kier alpha value is -0.340. The molecule has 1 aliphatic rings. The van der Waals surface area contributed by atoms with Crippen molar-refractivity contribution in [3.63, 3.8) is 0 Å². The molecular weight excluding hydrogens is 226 g/mol. The van der Waals surface area contributed by atoms with E-state index in [9.17, 15) is 0 Å². The van der Waals surface area contributed by atoms with Crippen molar-refractivity contribution in [1.29, 1.82) is 0 Å². The topological polar surface area (TPSA) is 12.0 Å². The molecule has 2 rings (SSSR count). The minimum absolute atomic E-state index is 0.495. The van der Waals surface area contributed by atoms with Crippen molar-refractivity contribution < 1.29 is 0 Å². The second kappa shape index (κ2) is 4.74. The number of aryl methyl sites for hydroxylation is 1. The van der Waals surface area contributed by atoms with Crippen LogP contribution in [0.25, 0.3) is 0 Å². The van der Waals surface area contributed by atoms with Crippen LogP contribution in [0.3, 0.4) is 0 Å². The third-order valence-electron chi connectivity index (χ3n) is 3.99. The Bertz CT molecular complexity index is 380. The molecule has 1 heterocycles. The van der Waals surface area contributed by atoms with Gasteiger partial charge in [-0.15, -0.1) is 11.3 Å². The van der Waals surface area contributed by atoms with Crippen molar-refractivity contribution >= 4 is 11.3 Å². The van der Waals surface area contributed by atoms with Crippen LogP contribution in [0.15, 0.2) is 12.1 Å². The maximum absolute atomic E-state index is 3.82. The van der Waals surface area contributed by atoms with E-state index in [-0.39, 0.29) is 0 Å². The maximum atomic E-state index is 3.82. The van der Waals surface area contributed by atoms with Crippen molar-refractivity contribution in [3.8, 4) is 0 Å². The first-order valence-corrected chi connectivity index (χ1v) is 7.51. The molecule has 2 heteroatoms. The molecule has 0 bridgehead atoms. The lowest BCUT2D eigenvalue weighted by Gasteiger charge is -2.22. The Kier molecular flexibility index (Phi) is 3.65. The van der Waals surface area contributed by atoms with Crippen LogP contribution < -0.4 is 5.32 Å². The Labute approximate surface area is 110 Å². The maximum Gasteiger partial charge on any atom is 0.0388 e. The lowest BCUT2D eigenvalue weighted by molar-refractivity contribution is 0.357. The Morgan fingerprint density at radius 1 is 1.35 bits per heavy atom. The first-order chi connectivity index (χ1) is 7.87. The first kappa shape index (κ1) is 13.1. The van der Waals surface area contributed by atoms with Crippen LogP contribution in [0.4, 0.5) is 0 Å². The van der Waals surface area contributed by atoms with Gasteiger partial charge in [-0.1, -0.05) is 20.8 Å². The summed E-state index contributed by atoms with van der Waals surface area (Å²) in [4.78, 5) is 2.88. The molecule has 17 heavy (non-hydrogen) atoms. The SMILES string of the molecule is Cc1ccc(C(C)NC2CC(C)(C)CC2C)s1. The Balaban J connectivity index is 1.98. The van der Waals surface area contributed by atoms with Crippen molar-refractivity contribution in [2.45, 2.75) is 59.5 Å². The van der Waals surface area contributed by atoms with Gasteiger partial charge in [-0.2, -0.15) is 0 Å². The third kappa shape index (κ3) is 3.11. The molecule has 1 N–H and O–H groups in total. The van der Waals surface area contributed by atoms with E-state index < -0.39 is 0 Å². The van der Waals surface area contributed by atoms with E-state index in [4.69, 9.17) is 0 Å². The summed E-state index contributed by atoms with van der Waals surface area (Å²) in [5, 5.41) is 3.82. The van der Waals surface area contributed by atoms with Gasteiger partial charge in [0.1, 0.15) is 0 Å². The first-order valence-electron chi connectivity index (χ1n) is 6.70. The lowest BCUT2D eigenvalue weighted by Crippen LogP contribution is -2.33. The molecule has 0 radical (unpaired) electrons. The van der Waals surface area contributed by atoms with Gasteiger partial charge >= 0.3 is 0 Å². The van der Waals surface area contributed by atoms with Gasteiger partial charge in [0.15, 0.2) is 0 Å². The molecule has 1 saturated carbocycles. The Morgan fingerprint density at radius 2 is 2.06 bits per heavy atom. The molecule has 1 aliphatic carbocycles. The molecule has 1 fully saturated rings. The summed E-state index contributed by atoms with van der Waals surface area (Å²) in [6, 6.07) is 5.67. The summed E-state index contributed by atoms with van der Waals surface area (Å²) in [5.41, 5.74) is 0.516. The zero-order valence-corrected chi connectivity index (χ0v) is 12.5. The molecule has 1 nitrogen and oxygen atoms in total. The smallest absolute Gasteiger partial charge is 0.0388 e. The van der Waals surface area contributed by atoms with E-state index in [0.717, 1.165) is 5.92 Å². The van der Waals surface area contributed by atoms with Crippen molar-refractivity contribution in [1.82, 2.24) is 5.32 Å².